The van der Waals surface area contributed by atoms with Gasteiger partial charge in [-0.05, 0) is 27.7 Å². The highest BCUT2D eigenvalue weighted by Crippen LogP contribution is 2.44. The Hall–Kier alpha value is -0.280. The lowest BCUT2D eigenvalue weighted by Crippen LogP contribution is -2.56. The summed E-state index contributed by atoms with van der Waals surface area (Å²) >= 11 is 0. The first kappa shape index (κ1) is 15.6. The average Bonchev–Trinajstić information content (AvgIpc) is 2.84. The lowest BCUT2D eigenvalue weighted by Gasteiger charge is -2.37. The zero-order valence-corrected chi connectivity index (χ0v) is 13.2. The fraction of sp³-hybridized carbons (Fsp3) is 1.00. The maximum Gasteiger partial charge on any atom is 0.190 e. The van der Waals surface area contributed by atoms with Gasteiger partial charge in [0.15, 0.2) is 17.9 Å². The van der Waals surface area contributed by atoms with Crippen LogP contribution < -0.4 is 0 Å². The van der Waals surface area contributed by atoms with Crippen LogP contribution >= 0.6 is 0 Å². The van der Waals surface area contributed by atoms with Crippen molar-refractivity contribution in [1.82, 2.24) is 0 Å². The lowest BCUT2D eigenvalue weighted by molar-refractivity contribution is -0.246. The van der Waals surface area contributed by atoms with Crippen LogP contribution in [0.5, 0.6) is 0 Å². The van der Waals surface area contributed by atoms with Gasteiger partial charge in [0, 0.05) is 7.11 Å². The Morgan fingerprint density at radius 3 is 2.19 bits per heavy atom. The van der Waals surface area contributed by atoms with Crippen molar-refractivity contribution in [2.24, 2.45) is 0 Å². The van der Waals surface area contributed by atoms with E-state index in [1.54, 1.807) is 7.11 Å². The summed E-state index contributed by atoms with van der Waals surface area (Å²) in [6.45, 7) is 8.05. The monoisotopic (exact) mass is 304 g/mol. The van der Waals surface area contributed by atoms with E-state index in [2.05, 4.69) is 0 Å². The molecule has 122 valence electrons. The summed E-state index contributed by atoms with van der Waals surface area (Å²) < 4.78 is 40.0. The highest BCUT2D eigenvalue weighted by molar-refractivity contribution is 4.99. The minimum Gasteiger partial charge on any atom is -0.359 e. The van der Waals surface area contributed by atoms with Crippen molar-refractivity contribution in [1.29, 1.82) is 0 Å². The third-order valence-corrected chi connectivity index (χ3v) is 3.73. The number of hydrogen-bond donors (Lipinski definition) is 0. The molecule has 0 aromatic rings. The van der Waals surface area contributed by atoms with Crippen LogP contribution in [0.2, 0.25) is 0 Å². The Balaban J connectivity index is 1.75. The summed E-state index contributed by atoms with van der Waals surface area (Å²) in [6.07, 6.45) is -1.56. The van der Waals surface area contributed by atoms with E-state index in [1.807, 2.05) is 27.7 Å². The quantitative estimate of drug-likeness (QED) is 0.567. The van der Waals surface area contributed by atoms with Crippen LogP contribution in [0.25, 0.3) is 0 Å². The summed E-state index contributed by atoms with van der Waals surface area (Å²) in [4.78, 5) is 0. The third-order valence-electron chi connectivity index (χ3n) is 3.73. The van der Waals surface area contributed by atoms with Crippen molar-refractivity contribution in [3.63, 3.8) is 0 Å². The minimum atomic E-state index is -0.696. The highest BCUT2D eigenvalue weighted by atomic mass is 16.9. The Morgan fingerprint density at radius 1 is 0.857 bits per heavy atom. The maximum absolute atomic E-state index is 6.00. The second kappa shape index (κ2) is 5.42. The predicted octanol–water partition coefficient (Wildman–Crippen LogP) is 1.00. The lowest BCUT2D eigenvalue weighted by atomic mass is 9.99. The van der Waals surface area contributed by atoms with Crippen molar-refractivity contribution in [3.05, 3.63) is 0 Å². The fourth-order valence-electron chi connectivity index (χ4n) is 3.08. The number of methoxy groups -OCH3 is 1. The molecule has 3 rings (SSSR count). The van der Waals surface area contributed by atoms with Crippen LogP contribution in [0.15, 0.2) is 0 Å². The van der Waals surface area contributed by atoms with Gasteiger partial charge in [0.05, 0.1) is 6.61 Å². The van der Waals surface area contributed by atoms with Crippen LogP contribution in [-0.2, 0) is 33.2 Å². The molecule has 3 heterocycles. The van der Waals surface area contributed by atoms with E-state index in [0.29, 0.717) is 6.61 Å². The fourth-order valence-corrected chi connectivity index (χ4v) is 3.08. The van der Waals surface area contributed by atoms with E-state index >= 15 is 0 Å². The van der Waals surface area contributed by atoms with Crippen molar-refractivity contribution in [2.45, 2.75) is 70.0 Å². The smallest absolute Gasteiger partial charge is 0.190 e. The molecule has 0 unspecified atom stereocenters. The Bertz CT molecular complexity index is 384. The highest BCUT2D eigenvalue weighted by Gasteiger charge is 2.60. The molecule has 21 heavy (non-hydrogen) atoms. The number of hydrogen-bond acceptors (Lipinski definition) is 7. The second-order valence-corrected chi connectivity index (χ2v) is 6.49. The normalized spacial score (nSPS) is 43.6. The second-order valence-electron chi connectivity index (χ2n) is 6.49. The van der Waals surface area contributed by atoms with Crippen LogP contribution in [0.3, 0.4) is 0 Å². The van der Waals surface area contributed by atoms with E-state index in [0.717, 1.165) is 0 Å². The topological polar surface area (TPSA) is 64.6 Å². The molecule has 3 saturated heterocycles. The molecule has 0 spiro atoms. The summed E-state index contributed by atoms with van der Waals surface area (Å²) in [5.74, 6) is -1.37. The molecule has 3 aliphatic rings. The first-order chi connectivity index (χ1) is 9.81. The molecular formula is C14H24O7. The Labute approximate surface area is 124 Å². The van der Waals surface area contributed by atoms with Gasteiger partial charge in [-0.2, -0.15) is 0 Å². The van der Waals surface area contributed by atoms with Gasteiger partial charge in [0.2, 0.25) is 0 Å². The summed E-state index contributed by atoms with van der Waals surface area (Å²) in [7, 11) is 1.58. The standard InChI is InChI=1S/C14H24O7/c1-13(2)18-9-8(6-16-7-15-5)17-12-11(10(9)19-13)20-14(3,4)21-12/h8-12H,6-7H2,1-5H3/t8-,9+,10+,11-,12-/m1/s1. The molecular weight excluding hydrogens is 280 g/mol. The van der Waals surface area contributed by atoms with Crippen molar-refractivity contribution < 1.29 is 33.2 Å². The number of fused-ring (bicyclic) bond motifs is 3. The molecule has 7 heteroatoms. The van der Waals surface area contributed by atoms with Crippen molar-refractivity contribution in [3.8, 4) is 0 Å². The van der Waals surface area contributed by atoms with Gasteiger partial charge < -0.3 is 33.2 Å². The van der Waals surface area contributed by atoms with E-state index in [1.165, 1.54) is 0 Å². The molecule has 5 atom stereocenters. The molecule has 0 N–H and O–H groups in total. The molecule has 3 aliphatic heterocycles. The predicted molar refractivity (Wildman–Crippen MR) is 70.4 cm³/mol. The first-order valence-electron chi connectivity index (χ1n) is 7.25. The van der Waals surface area contributed by atoms with Gasteiger partial charge >= 0.3 is 0 Å². The molecule has 0 radical (unpaired) electrons. The van der Waals surface area contributed by atoms with Gasteiger partial charge in [-0.25, -0.2) is 0 Å². The molecule has 0 aromatic carbocycles. The molecule has 0 aliphatic carbocycles. The maximum atomic E-state index is 6.00. The van der Waals surface area contributed by atoms with Gasteiger partial charge in [-0.3, -0.25) is 0 Å². The van der Waals surface area contributed by atoms with Crippen molar-refractivity contribution >= 4 is 0 Å². The molecule has 7 nitrogen and oxygen atoms in total. The largest absolute Gasteiger partial charge is 0.359 e. The molecule has 0 amide bonds. The number of rotatable bonds is 4. The molecule has 0 saturated carbocycles. The Kier molecular flexibility index (Phi) is 4.03. The van der Waals surface area contributed by atoms with Crippen LogP contribution in [-0.4, -0.2) is 62.8 Å². The summed E-state index contributed by atoms with van der Waals surface area (Å²) in [5.41, 5.74) is 0. The summed E-state index contributed by atoms with van der Waals surface area (Å²) in [6, 6.07) is 0. The Morgan fingerprint density at radius 2 is 1.48 bits per heavy atom. The SMILES string of the molecule is COCOC[C@H]1O[C@@H]2OC(C)(C)O[C@@H]2[C@H]2OC(C)(C)O[C@H]21. The third kappa shape index (κ3) is 3.10. The van der Waals surface area contributed by atoms with E-state index in [4.69, 9.17) is 33.2 Å². The van der Waals surface area contributed by atoms with Gasteiger partial charge in [0.1, 0.15) is 31.2 Å². The average molecular weight is 304 g/mol. The minimum absolute atomic E-state index is 0.207. The zero-order valence-electron chi connectivity index (χ0n) is 13.2. The van der Waals surface area contributed by atoms with Gasteiger partial charge in [-0.15, -0.1) is 0 Å². The van der Waals surface area contributed by atoms with E-state index in [-0.39, 0.29) is 31.2 Å². The zero-order chi connectivity index (χ0) is 15.3. The van der Waals surface area contributed by atoms with E-state index in [9.17, 15) is 0 Å². The van der Waals surface area contributed by atoms with E-state index < -0.39 is 17.9 Å². The van der Waals surface area contributed by atoms with Gasteiger partial charge in [-0.1, -0.05) is 0 Å². The summed E-state index contributed by atoms with van der Waals surface area (Å²) in [5, 5.41) is 0. The van der Waals surface area contributed by atoms with Crippen LogP contribution in [0.4, 0.5) is 0 Å². The van der Waals surface area contributed by atoms with Gasteiger partial charge in [0.25, 0.3) is 0 Å². The van der Waals surface area contributed by atoms with Crippen LogP contribution in [0.1, 0.15) is 27.7 Å². The molecule has 3 fully saturated rings. The first-order valence-corrected chi connectivity index (χ1v) is 7.25. The molecule has 0 bridgehead atoms. The number of ether oxygens (including phenoxy) is 7. The van der Waals surface area contributed by atoms with Crippen LogP contribution in [0, 0.1) is 0 Å². The van der Waals surface area contributed by atoms with Crippen molar-refractivity contribution in [2.75, 3.05) is 20.5 Å². The molecule has 0 aromatic heterocycles.